The first kappa shape index (κ1) is 26.8. The first-order valence-electron chi connectivity index (χ1n) is 12.7. The zero-order valence-corrected chi connectivity index (χ0v) is 22.4. The molecule has 0 atom stereocenters. The van der Waals surface area contributed by atoms with Gasteiger partial charge in [0.15, 0.2) is 0 Å². The number of pyridine rings is 1. The molecule has 2 amide bonds. The van der Waals surface area contributed by atoms with Crippen molar-refractivity contribution in [1.82, 2.24) is 25.2 Å². The number of aromatic nitrogens is 3. The Labute approximate surface area is 223 Å². The minimum atomic E-state index is -0.614. The molecular weight excluding hydrogens is 482 g/mol. The average molecular weight is 518 g/mol. The minimum Gasteiger partial charge on any atom is -0.444 e. The van der Waals surface area contributed by atoms with Crippen LogP contribution in [0.5, 0.6) is 0 Å². The van der Waals surface area contributed by atoms with Crippen molar-refractivity contribution in [1.29, 1.82) is 0 Å². The molecule has 0 radical (unpaired) electrons. The maximum Gasteiger partial charge on any atom is 0.408 e. The van der Waals surface area contributed by atoms with Gasteiger partial charge in [-0.1, -0.05) is 18.2 Å². The van der Waals surface area contributed by atoms with Gasteiger partial charge >= 0.3 is 6.09 Å². The molecule has 1 aliphatic heterocycles. The lowest BCUT2D eigenvalue weighted by atomic mass is 10.1. The number of nitrogens with zero attached hydrogens (tertiary/aromatic N) is 6. The van der Waals surface area contributed by atoms with E-state index in [0.29, 0.717) is 6.54 Å². The molecule has 38 heavy (non-hydrogen) atoms. The Morgan fingerprint density at radius 2 is 1.63 bits per heavy atom. The number of nitrogens with one attached hydrogen (secondary N) is 1. The van der Waals surface area contributed by atoms with Crippen molar-refractivity contribution >= 4 is 23.6 Å². The Hall–Kier alpha value is -4.21. The van der Waals surface area contributed by atoms with Crippen molar-refractivity contribution in [2.24, 2.45) is 0 Å². The maximum absolute atomic E-state index is 12.5. The van der Waals surface area contributed by atoms with Gasteiger partial charge in [-0.2, -0.15) is 0 Å². The summed E-state index contributed by atoms with van der Waals surface area (Å²) >= 11 is 0. The van der Waals surface area contributed by atoms with Gasteiger partial charge in [0.1, 0.15) is 12.1 Å². The van der Waals surface area contributed by atoms with E-state index in [1.54, 1.807) is 32.7 Å². The molecule has 4 rings (SSSR count). The van der Waals surface area contributed by atoms with Crippen LogP contribution in [0.1, 0.15) is 26.3 Å². The van der Waals surface area contributed by atoms with E-state index in [1.165, 1.54) is 5.69 Å². The predicted octanol–water partition coefficient (Wildman–Crippen LogP) is 3.35. The van der Waals surface area contributed by atoms with Crippen LogP contribution in [0.25, 0.3) is 11.1 Å². The fraction of sp³-hybridized carbons (Fsp3) is 0.393. The van der Waals surface area contributed by atoms with Crippen LogP contribution in [0.3, 0.4) is 0 Å². The molecule has 3 aromatic rings. The molecule has 0 unspecified atom stereocenters. The predicted molar refractivity (Wildman–Crippen MR) is 147 cm³/mol. The first-order chi connectivity index (χ1) is 18.2. The van der Waals surface area contributed by atoms with Gasteiger partial charge in [0.25, 0.3) is 0 Å². The van der Waals surface area contributed by atoms with Crippen LogP contribution in [0.15, 0.2) is 61.2 Å². The number of hydrogen-bond donors (Lipinski definition) is 1. The molecule has 1 fully saturated rings. The second-order valence-corrected chi connectivity index (χ2v) is 10.3. The SMILES string of the molecule is CN(Cc1cccc(-c2cnc(N3CCN(c4ccncc4)CC3)nc2)c1)C(=O)CNC(=O)OC(C)(C)C. The normalized spacial score (nSPS) is 13.7. The number of carbonyl (C=O) groups is 2. The third-order valence-electron chi connectivity index (χ3n) is 6.12. The third kappa shape index (κ3) is 7.41. The lowest BCUT2D eigenvalue weighted by Crippen LogP contribution is -2.47. The number of benzene rings is 1. The summed E-state index contributed by atoms with van der Waals surface area (Å²) in [6.07, 6.45) is 6.71. The second kappa shape index (κ2) is 11.9. The summed E-state index contributed by atoms with van der Waals surface area (Å²) in [6.45, 7) is 9.10. The third-order valence-corrected chi connectivity index (χ3v) is 6.12. The van der Waals surface area contributed by atoms with Gasteiger partial charge in [-0.25, -0.2) is 14.8 Å². The number of carbonyl (C=O) groups excluding carboxylic acids is 2. The van der Waals surface area contributed by atoms with Crippen LogP contribution < -0.4 is 15.1 Å². The van der Waals surface area contributed by atoms with Gasteiger partial charge < -0.3 is 24.8 Å². The topological polar surface area (TPSA) is 104 Å². The number of likely N-dealkylation sites (N-methyl/N-ethyl adjacent to an activating group) is 1. The zero-order valence-electron chi connectivity index (χ0n) is 22.4. The fourth-order valence-electron chi connectivity index (χ4n) is 4.16. The second-order valence-electron chi connectivity index (χ2n) is 10.3. The zero-order chi connectivity index (χ0) is 27.1. The average Bonchev–Trinajstić information content (AvgIpc) is 2.91. The monoisotopic (exact) mass is 517 g/mol. The molecule has 0 spiro atoms. The van der Waals surface area contributed by atoms with E-state index in [4.69, 9.17) is 4.74 Å². The Balaban J connectivity index is 1.31. The van der Waals surface area contributed by atoms with Crippen molar-refractivity contribution in [2.45, 2.75) is 32.9 Å². The highest BCUT2D eigenvalue weighted by atomic mass is 16.6. The highest BCUT2D eigenvalue weighted by Crippen LogP contribution is 2.22. The molecule has 200 valence electrons. The summed E-state index contributed by atoms with van der Waals surface area (Å²) in [4.78, 5) is 43.8. The molecule has 10 heteroatoms. The van der Waals surface area contributed by atoms with Crippen LogP contribution >= 0.6 is 0 Å². The van der Waals surface area contributed by atoms with Crippen LogP contribution in [0.2, 0.25) is 0 Å². The first-order valence-corrected chi connectivity index (χ1v) is 12.7. The molecule has 0 aliphatic carbocycles. The molecule has 0 saturated carbocycles. The fourth-order valence-corrected chi connectivity index (χ4v) is 4.16. The smallest absolute Gasteiger partial charge is 0.408 e. The molecule has 1 saturated heterocycles. The summed E-state index contributed by atoms with van der Waals surface area (Å²) in [6, 6.07) is 12.0. The number of amides is 2. The van der Waals surface area contributed by atoms with E-state index in [-0.39, 0.29) is 12.5 Å². The highest BCUT2D eigenvalue weighted by Gasteiger charge is 2.20. The van der Waals surface area contributed by atoms with Crippen LogP contribution in [0.4, 0.5) is 16.4 Å². The van der Waals surface area contributed by atoms with Gasteiger partial charge in [-0.3, -0.25) is 9.78 Å². The summed E-state index contributed by atoms with van der Waals surface area (Å²) in [5, 5.41) is 2.51. The number of piperazine rings is 1. The van der Waals surface area contributed by atoms with Gasteiger partial charge in [-0.15, -0.1) is 0 Å². The van der Waals surface area contributed by atoms with E-state index in [1.807, 2.05) is 61.2 Å². The van der Waals surface area contributed by atoms with E-state index in [2.05, 4.69) is 30.1 Å². The van der Waals surface area contributed by atoms with Crippen molar-refractivity contribution in [3.63, 3.8) is 0 Å². The summed E-state index contributed by atoms with van der Waals surface area (Å²) in [5.41, 5.74) is 3.42. The van der Waals surface area contributed by atoms with Crippen molar-refractivity contribution < 1.29 is 14.3 Å². The van der Waals surface area contributed by atoms with Crippen LogP contribution in [-0.2, 0) is 16.1 Å². The van der Waals surface area contributed by atoms with Crippen molar-refractivity contribution in [2.75, 3.05) is 49.6 Å². The van der Waals surface area contributed by atoms with E-state index >= 15 is 0 Å². The van der Waals surface area contributed by atoms with Gasteiger partial charge in [0.2, 0.25) is 11.9 Å². The minimum absolute atomic E-state index is 0.128. The van der Waals surface area contributed by atoms with Gasteiger partial charge in [0.05, 0.1) is 0 Å². The van der Waals surface area contributed by atoms with E-state index in [9.17, 15) is 9.59 Å². The molecule has 1 aliphatic rings. The number of alkyl carbamates (subject to hydrolysis) is 1. The maximum atomic E-state index is 12.5. The lowest BCUT2D eigenvalue weighted by Gasteiger charge is -2.36. The molecule has 1 N–H and O–H groups in total. The highest BCUT2D eigenvalue weighted by molar-refractivity contribution is 5.82. The van der Waals surface area contributed by atoms with Crippen molar-refractivity contribution in [3.05, 3.63) is 66.7 Å². The summed E-state index contributed by atoms with van der Waals surface area (Å²) in [7, 11) is 1.71. The molecule has 2 aromatic heterocycles. The Morgan fingerprint density at radius 3 is 2.29 bits per heavy atom. The largest absolute Gasteiger partial charge is 0.444 e. The quantitative estimate of drug-likeness (QED) is 0.509. The lowest BCUT2D eigenvalue weighted by molar-refractivity contribution is -0.129. The van der Waals surface area contributed by atoms with E-state index in [0.717, 1.165) is 48.8 Å². The molecule has 10 nitrogen and oxygen atoms in total. The van der Waals surface area contributed by atoms with Gasteiger partial charge in [0, 0.05) is 75.8 Å². The molecule has 1 aromatic carbocycles. The summed E-state index contributed by atoms with van der Waals surface area (Å²) in [5.74, 6) is 0.514. The van der Waals surface area contributed by atoms with Crippen LogP contribution in [0, 0.1) is 0 Å². The molecule has 0 bridgehead atoms. The Kier molecular flexibility index (Phi) is 8.40. The number of anilines is 2. The Bertz CT molecular complexity index is 1220. The summed E-state index contributed by atoms with van der Waals surface area (Å²) < 4.78 is 5.18. The van der Waals surface area contributed by atoms with E-state index < -0.39 is 11.7 Å². The molecule has 3 heterocycles. The molecular formula is C28H35N7O3. The van der Waals surface area contributed by atoms with Gasteiger partial charge in [-0.05, 0) is 50.1 Å². The number of ether oxygens (including phenoxy) is 1. The number of rotatable bonds is 7. The van der Waals surface area contributed by atoms with Crippen molar-refractivity contribution in [3.8, 4) is 11.1 Å². The Morgan fingerprint density at radius 1 is 0.974 bits per heavy atom. The van der Waals surface area contributed by atoms with Crippen LogP contribution in [-0.4, -0.2) is 77.2 Å². The standard InChI is InChI=1S/C28H35N7O3/c1-28(2,3)38-27(37)32-19-25(36)33(4)20-21-6-5-7-22(16-21)23-17-30-26(31-18-23)35-14-12-34(13-15-35)24-8-10-29-11-9-24/h5-11,16-18H,12-15,19-20H2,1-4H3,(H,32,37). The number of hydrogen-bond acceptors (Lipinski definition) is 8.